The predicted octanol–water partition coefficient (Wildman–Crippen LogP) is 2.49. The molecule has 1 N–H and O–H groups in total. The smallest absolute Gasteiger partial charge is 0.340 e. The molecule has 0 radical (unpaired) electrons. The van der Waals surface area contributed by atoms with E-state index in [0.29, 0.717) is 29.0 Å². The van der Waals surface area contributed by atoms with Crippen molar-refractivity contribution < 1.29 is 23.9 Å². The summed E-state index contributed by atoms with van der Waals surface area (Å²) in [5.41, 5.74) is 1.64. The number of hydrogen-bond donors (Lipinski definition) is 1. The summed E-state index contributed by atoms with van der Waals surface area (Å²) in [6.45, 7) is 0. The summed E-state index contributed by atoms with van der Waals surface area (Å²) in [4.78, 5) is 38.7. The van der Waals surface area contributed by atoms with E-state index in [4.69, 9.17) is 9.47 Å². The molecule has 1 fully saturated rings. The number of methoxy groups -OCH3 is 1. The SMILES string of the molecule is COc1ccc(NC(=O)[C@H]2CCC(=O)N2[C@@H]2OC(=O)c3ccccc32)cc1. The topological polar surface area (TPSA) is 84.9 Å². The number of nitrogens with zero attached hydrogens (tertiary/aromatic N) is 1. The largest absolute Gasteiger partial charge is 0.497 e. The van der Waals surface area contributed by atoms with E-state index < -0.39 is 18.2 Å². The van der Waals surface area contributed by atoms with Crippen LogP contribution in [0.3, 0.4) is 0 Å². The minimum absolute atomic E-state index is 0.209. The van der Waals surface area contributed by atoms with Crippen molar-refractivity contribution >= 4 is 23.5 Å². The van der Waals surface area contributed by atoms with Gasteiger partial charge < -0.3 is 14.8 Å². The Morgan fingerprint density at radius 3 is 2.63 bits per heavy atom. The number of nitrogens with one attached hydrogen (secondary N) is 1. The molecule has 2 atom stereocenters. The zero-order valence-electron chi connectivity index (χ0n) is 14.7. The molecule has 0 bridgehead atoms. The summed E-state index contributed by atoms with van der Waals surface area (Å²) in [6.07, 6.45) is -0.260. The molecule has 2 aromatic carbocycles. The fourth-order valence-electron chi connectivity index (χ4n) is 3.49. The Morgan fingerprint density at radius 1 is 1.15 bits per heavy atom. The van der Waals surface area contributed by atoms with E-state index in [0.717, 1.165) is 0 Å². The van der Waals surface area contributed by atoms with Crippen LogP contribution in [0.2, 0.25) is 0 Å². The fourth-order valence-corrected chi connectivity index (χ4v) is 3.49. The Bertz CT molecular complexity index is 909. The van der Waals surface area contributed by atoms with Crippen LogP contribution in [-0.2, 0) is 14.3 Å². The van der Waals surface area contributed by atoms with Gasteiger partial charge in [-0.15, -0.1) is 0 Å². The number of carbonyl (C=O) groups is 3. The standard InChI is InChI=1S/C20H18N2O5/c1-26-13-8-6-12(7-9-13)21-18(24)16-10-11-17(23)22(16)19-14-4-2-3-5-15(14)20(25)27-19/h2-9,16,19H,10-11H2,1H3,(H,21,24)/t16-,19-/m1/s1. The molecule has 7 heteroatoms. The van der Waals surface area contributed by atoms with Crippen LogP contribution in [0.4, 0.5) is 5.69 Å². The van der Waals surface area contributed by atoms with Gasteiger partial charge in [-0.05, 0) is 36.8 Å². The normalized spacial score (nSPS) is 21.0. The zero-order valence-corrected chi connectivity index (χ0v) is 14.7. The highest BCUT2D eigenvalue weighted by Crippen LogP contribution is 2.38. The molecule has 27 heavy (non-hydrogen) atoms. The summed E-state index contributed by atoms with van der Waals surface area (Å²) < 4.78 is 10.5. The lowest BCUT2D eigenvalue weighted by atomic mass is 10.1. The number of amides is 2. The minimum Gasteiger partial charge on any atom is -0.497 e. The van der Waals surface area contributed by atoms with Gasteiger partial charge in [0.05, 0.1) is 12.7 Å². The zero-order chi connectivity index (χ0) is 19.0. The maximum atomic E-state index is 12.8. The molecule has 138 valence electrons. The van der Waals surface area contributed by atoms with Crippen LogP contribution >= 0.6 is 0 Å². The second-order valence-corrected chi connectivity index (χ2v) is 6.42. The Kier molecular flexibility index (Phi) is 4.27. The molecule has 7 nitrogen and oxygen atoms in total. The highest BCUT2D eigenvalue weighted by Gasteiger charge is 2.46. The molecule has 4 rings (SSSR count). The van der Waals surface area contributed by atoms with E-state index in [-0.39, 0.29) is 18.2 Å². The van der Waals surface area contributed by atoms with Gasteiger partial charge in [-0.3, -0.25) is 14.5 Å². The number of likely N-dealkylation sites (tertiary alicyclic amines) is 1. The van der Waals surface area contributed by atoms with Gasteiger partial charge in [0.2, 0.25) is 18.0 Å². The molecular formula is C20H18N2O5. The summed E-state index contributed by atoms with van der Waals surface area (Å²) in [7, 11) is 1.57. The molecule has 0 spiro atoms. The second kappa shape index (κ2) is 6.75. The summed E-state index contributed by atoms with van der Waals surface area (Å²) in [5, 5.41) is 2.82. The highest BCUT2D eigenvalue weighted by atomic mass is 16.6. The Balaban J connectivity index is 1.56. The van der Waals surface area contributed by atoms with Gasteiger partial charge in [0, 0.05) is 17.7 Å². The quantitative estimate of drug-likeness (QED) is 0.841. The summed E-state index contributed by atoms with van der Waals surface area (Å²) in [6, 6.07) is 13.1. The lowest BCUT2D eigenvalue weighted by molar-refractivity contribution is -0.144. The number of anilines is 1. The van der Waals surface area contributed by atoms with Crippen molar-refractivity contribution in [3.8, 4) is 5.75 Å². The fraction of sp³-hybridized carbons (Fsp3) is 0.250. The molecule has 2 heterocycles. The molecule has 0 aliphatic carbocycles. The number of esters is 1. The second-order valence-electron chi connectivity index (χ2n) is 6.42. The first-order chi connectivity index (χ1) is 13.1. The number of fused-ring (bicyclic) bond motifs is 1. The third-order valence-electron chi connectivity index (χ3n) is 4.83. The van der Waals surface area contributed by atoms with Crippen LogP contribution in [-0.4, -0.2) is 35.8 Å². The number of cyclic esters (lactones) is 1. The van der Waals surface area contributed by atoms with Crippen molar-refractivity contribution in [3.05, 3.63) is 59.7 Å². The number of ether oxygens (including phenoxy) is 2. The van der Waals surface area contributed by atoms with Crippen molar-refractivity contribution in [2.45, 2.75) is 25.1 Å². The van der Waals surface area contributed by atoms with Crippen LogP contribution in [0, 0.1) is 0 Å². The van der Waals surface area contributed by atoms with Crippen LogP contribution in [0.25, 0.3) is 0 Å². The summed E-state index contributed by atoms with van der Waals surface area (Å²) in [5.74, 6) is -0.324. The van der Waals surface area contributed by atoms with Crippen LogP contribution in [0.15, 0.2) is 48.5 Å². The van der Waals surface area contributed by atoms with Gasteiger partial charge >= 0.3 is 5.97 Å². The first-order valence-corrected chi connectivity index (χ1v) is 8.64. The number of rotatable bonds is 4. The lowest BCUT2D eigenvalue weighted by Crippen LogP contribution is -2.43. The minimum atomic E-state index is -0.865. The monoisotopic (exact) mass is 366 g/mol. The molecule has 0 saturated carbocycles. The maximum absolute atomic E-state index is 12.8. The van der Waals surface area contributed by atoms with Gasteiger partial charge in [-0.1, -0.05) is 18.2 Å². The number of benzene rings is 2. The Morgan fingerprint density at radius 2 is 1.89 bits per heavy atom. The highest BCUT2D eigenvalue weighted by molar-refractivity contribution is 6.00. The van der Waals surface area contributed by atoms with Crippen molar-refractivity contribution in [3.63, 3.8) is 0 Å². The van der Waals surface area contributed by atoms with E-state index >= 15 is 0 Å². The van der Waals surface area contributed by atoms with Crippen molar-refractivity contribution in [2.24, 2.45) is 0 Å². The molecule has 2 aromatic rings. The van der Waals surface area contributed by atoms with Crippen LogP contribution in [0.1, 0.15) is 35.0 Å². The van der Waals surface area contributed by atoms with Gasteiger partial charge in [-0.2, -0.15) is 0 Å². The van der Waals surface area contributed by atoms with Gasteiger partial charge in [-0.25, -0.2) is 4.79 Å². The maximum Gasteiger partial charge on any atom is 0.340 e. The van der Waals surface area contributed by atoms with Crippen molar-refractivity contribution in [1.29, 1.82) is 0 Å². The van der Waals surface area contributed by atoms with Crippen molar-refractivity contribution in [1.82, 2.24) is 4.90 Å². The third kappa shape index (κ3) is 3.01. The average Bonchev–Trinajstić information content (AvgIpc) is 3.22. The van der Waals surface area contributed by atoms with E-state index in [1.54, 1.807) is 55.6 Å². The van der Waals surface area contributed by atoms with Gasteiger partial charge in [0.25, 0.3) is 0 Å². The molecule has 0 aromatic heterocycles. The molecule has 1 saturated heterocycles. The van der Waals surface area contributed by atoms with Gasteiger partial charge in [0.1, 0.15) is 11.8 Å². The molecule has 2 aliphatic rings. The van der Waals surface area contributed by atoms with Crippen LogP contribution in [0.5, 0.6) is 5.75 Å². The lowest BCUT2D eigenvalue weighted by Gasteiger charge is -2.29. The molecule has 2 amide bonds. The average molecular weight is 366 g/mol. The molecular weight excluding hydrogens is 348 g/mol. The Labute approximate surface area is 155 Å². The molecule has 2 aliphatic heterocycles. The number of hydrogen-bond acceptors (Lipinski definition) is 5. The summed E-state index contributed by atoms with van der Waals surface area (Å²) >= 11 is 0. The predicted molar refractivity (Wildman–Crippen MR) is 96.1 cm³/mol. The molecule has 0 unspecified atom stereocenters. The third-order valence-corrected chi connectivity index (χ3v) is 4.83. The van der Waals surface area contributed by atoms with E-state index in [1.165, 1.54) is 4.90 Å². The van der Waals surface area contributed by atoms with E-state index in [9.17, 15) is 14.4 Å². The van der Waals surface area contributed by atoms with Crippen LogP contribution < -0.4 is 10.1 Å². The van der Waals surface area contributed by atoms with Gasteiger partial charge in [0.15, 0.2) is 0 Å². The van der Waals surface area contributed by atoms with E-state index in [2.05, 4.69) is 5.32 Å². The number of carbonyl (C=O) groups excluding carboxylic acids is 3. The van der Waals surface area contributed by atoms with Crippen molar-refractivity contribution in [2.75, 3.05) is 12.4 Å². The first-order valence-electron chi connectivity index (χ1n) is 8.64. The Hall–Kier alpha value is -3.35. The first kappa shape index (κ1) is 17.1. The van der Waals surface area contributed by atoms with E-state index in [1.807, 2.05) is 0 Å².